The summed E-state index contributed by atoms with van der Waals surface area (Å²) in [6, 6.07) is 7.64. The van der Waals surface area contributed by atoms with Crippen LogP contribution in [0.2, 0.25) is 0 Å². The van der Waals surface area contributed by atoms with E-state index in [1.165, 1.54) is 43.0 Å². The van der Waals surface area contributed by atoms with E-state index in [4.69, 9.17) is 5.26 Å². The molecule has 0 fully saturated rings. The summed E-state index contributed by atoms with van der Waals surface area (Å²) >= 11 is 0. The maximum absolute atomic E-state index is 11.9. The molecule has 0 aliphatic carbocycles. The van der Waals surface area contributed by atoms with Crippen molar-refractivity contribution in [3.05, 3.63) is 48.5 Å². The Morgan fingerprint density at radius 1 is 1.25 bits per heavy atom. The van der Waals surface area contributed by atoms with Gasteiger partial charge in [0, 0.05) is 12.4 Å². The van der Waals surface area contributed by atoms with Crippen LogP contribution in [0.1, 0.15) is 5.56 Å². The smallest absolute Gasteiger partial charge is 0.244 e. The molecule has 0 saturated carbocycles. The van der Waals surface area contributed by atoms with Gasteiger partial charge in [0.1, 0.15) is 6.33 Å². The Bertz CT molecular complexity index is 622. The van der Waals surface area contributed by atoms with E-state index in [0.717, 1.165) is 3.97 Å². The first-order valence-electron chi connectivity index (χ1n) is 4.38. The molecular weight excluding hydrogens is 226 g/mol. The molecule has 0 unspecified atom stereocenters. The molecular formula is C10H7N3O2S. The Morgan fingerprint density at radius 3 is 2.44 bits per heavy atom. The van der Waals surface area contributed by atoms with Gasteiger partial charge in [0.15, 0.2) is 0 Å². The zero-order valence-electron chi connectivity index (χ0n) is 8.11. The van der Waals surface area contributed by atoms with Crippen LogP contribution in [-0.4, -0.2) is 17.4 Å². The lowest BCUT2D eigenvalue weighted by molar-refractivity contribution is 0.587. The maximum Gasteiger partial charge on any atom is 0.268 e. The highest BCUT2D eigenvalue weighted by molar-refractivity contribution is 7.90. The topological polar surface area (TPSA) is 75.8 Å². The number of nitrogens with zero attached hydrogens (tertiary/aromatic N) is 3. The maximum atomic E-state index is 11.9. The minimum Gasteiger partial charge on any atom is -0.244 e. The Hall–Kier alpha value is -2.13. The zero-order chi connectivity index (χ0) is 11.6. The van der Waals surface area contributed by atoms with E-state index in [9.17, 15) is 8.42 Å². The highest BCUT2D eigenvalue weighted by Gasteiger charge is 2.15. The van der Waals surface area contributed by atoms with Crippen molar-refractivity contribution >= 4 is 10.0 Å². The van der Waals surface area contributed by atoms with Crippen molar-refractivity contribution in [3.8, 4) is 6.07 Å². The van der Waals surface area contributed by atoms with E-state index in [1.807, 2.05) is 6.07 Å². The quantitative estimate of drug-likeness (QED) is 0.775. The van der Waals surface area contributed by atoms with Crippen LogP contribution in [0.3, 0.4) is 0 Å². The molecule has 1 aromatic heterocycles. The summed E-state index contributed by atoms with van der Waals surface area (Å²) in [5, 5.41) is 8.60. The van der Waals surface area contributed by atoms with Gasteiger partial charge >= 0.3 is 0 Å². The lowest BCUT2D eigenvalue weighted by Crippen LogP contribution is -2.10. The summed E-state index contributed by atoms with van der Waals surface area (Å²) in [6.45, 7) is 0. The predicted molar refractivity (Wildman–Crippen MR) is 56.0 cm³/mol. The summed E-state index contributed by atoms with van der Waals surface area (Å²) in [4.78, 5) is 3.81. The van der Waals surface area contributed by atoms with Crippen LogP contribution >= 0.6 is 0 Å². The molecule has 0 N–H and O–H groups in total. The molecule has 6 heteroatoms. The van der Waals surface area contributed by atoms with Gasteiger partial charge in [0.25, 0.3) is 10.0 Å². The number of nitriles is 1. The van der Waals surface area contributed by atoms with Gasteiger partial charge in [-0.2, -0.15) is 5.26 Å². The van der Waals surface area contributed by atoms with Crippen molar-refractivity contribution in [3.63, 3.8) is 0 Å². The third kappa shape index (κ3) is 1.68. The molecule has 5 nitrogen and oxygen atoms in total. The summed E-state index contributed by atoms with van der Waals surface area (Å²) in [5.74, 6) is 0. The highest BCUT2D eigenvalue weighted by Crippen LogP contribution is 2.13. The monoisotopic (exact) mass is 233 g/mol. The van der Waals surface area contributed by atoms with Gasteiger partial charge in [-0.3, -0.25) is 0 Å². The van der Waals surface area contributed by atoms with Gasteiger partial charge < -0.3 is 0 Å². The first-order valence-corrected chi connectivity index (χ1v) is 5.82. The molecule has 0 aliphatic rings. The molecule has 0 radical (unpaired) electrons. The number of imidazole rings is 1. The molecule has 1 aromatic carbocycles. The molecule has 0 saturated heterocycles. The zero-order valence-corrected chi connectivity index (χ0v) is 8.92. The molecule has 0 atom stereocenters. The van der Waals surface area contributed by atoms with Crippen LogP contribution in [0.15, 0.2) is 47.9 Å². The van der Waals surface area contributed by atoms with E-state index in [2.05, 4.69) is 4.98 Å². The predicted octanol–water partition coefficient (Wildman–Crippen LogP) is 0.992. The van der Waals surface area contributed by atoms with Crippen molar-refractivity contribution in [1.29, 1.82) is 5.26 Å². The van der Waals surface area contributed by atoms with Gasteiger partial charge in [-0.25, -0.2) is 17.4 Å². The van der Waals surface area contributed by atoms with Crippen molar-refractivity contribution < 1.29 is 8.42 Å². The van der Waals surface area contributed by atoms with Crippen LogP contribution < -0.4 is 0 Å². The molecule has 0 bridgehead atoms. The number of aromatic nitrogens is 2. The molecule has 16 heavy (non-hydrogen) atoms. The molecule has 0 spiro atoms. The fourth-order valence-corrected chi connectivity index (χ4v) is 2.33. The second kappa shape index (κ2) is 3.79. The lowest BCUT2D eigenvalue weighted by atomic mass is 10.2. The van der Waals surface area contributed by atoms with E-state index >= 15 is 0 Å². The molecule has 2 rings (SSSR count). The van der Waals surface area contributed by atoms with Crippen LogP contribution in [0.5, 0.6) is 0 Å². The first-order chi connectivity index (χ1) is 7.64. The summed E-state index contributed by atoms with van der Waals surface area (Å²) in [7, 11) is -3.58. The van der Waals surface area contributed by atoms with Gasteiger partial charge in [-0.15, -0.1) is 0 Å². The minimum absolute atomic E-state index is 0.129. The van der Waals surface area contributed by atoms with Crippen molar-refractivity contribution in [2.24, 2.45) is 0 Å². The highest BCUT2D eigenvalue weighted by atomic mass is 32.2. The van der Waals surface area contributed by atoms with Gasteiger partial charge in [0.05, 0.1) is 16.5 Å². The number of hydrogen-bond donors (Lipinski definition) is 0. The Balaban J connectivity index is 2.49. The standard InChI is InChI=1S/C10H7N3O2S/c11-7-9-1-3-10(4-2-9)16(14,15)13-6-5-12-8-13/h1-6,8H. The lowest BCUT2D eigenvalue weighted by Gasteiger charge is -2.04. The average molecular weight is 233 g/mol. The number of rotatable bonds is 2. The van der Waals surface area contributed by atoms with E-state index in [0.29, 0.717) is 5.56 Å². The van der Waals surface area contributed by atoms with Crippen LogP contribution in [-0.2, 0) is 10.0 Å². The van der Waals surface area contributed by atoms with Crippen molar-refractivity contribution in [2.75, 3.05) is 0 Å². The fourth-order valence-electron chi connectivity index (χ4n) is 1.21. The SMILES string of the molecule is N#Cc1ccc(S(=O)(=O)n2ccnc2)cc1. The fraction of sp³-hybridized carbons (Fsp3) is 0. The third-order valence-corrected chi connectivity index (χ3v) is 3.68. The molecule has 1 heterocycles. The van der Waals surface area contributed by atoms with E-state index < -0.39 is 10.0 Å². The molecule has 2 aromatic rings. The average Bonchev–Trinajstić information content (AvgIpc) is 2.83. The summed E-state index contributed by atoms with van der Waals surface area (Å²) in [6.07, 6.45) is 3.96. The van der Waals surface area contributed by atoms with Gasteiger partial charge in [-0.1, -0.05) is 0 Å². The van der Waals surface area contributed by atoms with Gasteiger partial charge in [-0.05, 0) is 24.3 Å². The largest absolute Gasteiger partial charge is 0.268 e. The normalized spacial score (nSPS) is 10.9. The van der Waals surface area contributed by atoms with Gasteiger partial charge in [0.2, 0.25) is 0 Å². The Labute approximate surface area is 92.6 Å². The second-order valence-corrected chi connectivity index (χ2v) is 4.88. The Kier molecular flexibility index (Phi) is 2.46. The summed E-state index contributed by atoms with van der Waals surface area (Å²) in [5.41, 5.74) is 0.421. The van der Waals surface area contributed by atoms with Crippen molar-refractivity contribution in [1.82, 2.24) is 8.96 Å². The summed E-state index contributed by atoms with van der Waals surface area (Å²) < 4.78 is 24.9. The molecule has 0 amide bonds. The minimum atomic E-state index is -3.58. The number of hydrogen-bond acceptors (Lipinski definition) is 4. The molecule has 80 valence electrons. The molecule has 0 aliphatic heterocycles. The van der Waals surface area contributed by atoms with E-state index in [-0.39, 0.29) is 4.90 Å². The second-order valence-electron chi connectivity index (χ2n) is 3.03. The van der Waals surface area contributed by atoms with Crippen LogP contribution in [0, 0.1) is 11.3 Å². The van der Waals surface area contributed by atoms with Crippen molar-refractivity contribution in [2.45, 2.75) is 4.90 Å². The Morgan fingerprint density at radius 2 is 1.94 bits per heavy atom. The van der Waals surface area contributed by atoms with E-state index in [1.54, 1.807) is 0 Å². The van der Waals surface area contributed by atoms with Crippen LogP contribution in [0.25, 0.3) is 0 Å². The third-order valence-electron chi connectivity index (χ3n) is 2.04. The van der Waals surface area contributed by atoms with Crippen LogP contribution in [0.4, 0.5) is 0 Å². The number of benzene rings is 1. The first kappa shape index (κ1) is 10.4.